The van der Waals surface area contributed by atoms with Crippen molar-refractivity contribution in [2.75, 3.05) is 18.2 Å². The Morgan fingerprint density at radius 2 is 2.06 bits per heavy atom. The summed E-state index contributed by atoms with van der Waals surface area (Å²) in [6.45, 7) is 0. The maximum atomic E-state index is 13.0. The number of ether oxygens (including phenoxy) is 1. The van der Waals surface area contributed by atoms with Gasteiger partial charge in [0.05, 0.1) is 23.5 Å². The second-order valence-electron chi connectivity index (χ2n) is 3.68. The van der Waals surface area contributed by atoms with E-state index in [2.05, 4.69) is 5.32 Å². The molecule has 0 saturated carbocycles. The number of nitrogens with two attached hydrogens (primary N) is 1. The summed E-state index contributed by atoms with van der Waals surface area (Å²) in [5.41, 5.74) is 7.73. The number of benzene rings is 2. The third-order valence-electron chi connectivity index (χ3n) is 2.48. The van der Waals surface area contributed by atoms with Gasteiger partial charge < -0.3 is 15.8 Å². The lowest BCUT2D eigenvalue weighted by Crippen LogP contribution is -1.99. The highest BCUT2D eigenvalue weighted by atomic mass is 35.5. The van der Waals surface area contributed by atoms with Gasteiger partial charge in [-0.1, -0.05) is 17.7 Å². The molecule has 0 aliphatic carbocycles. The summed E-state index contributed by atoms with van der Waals surface area (Å²) in [5.74, 6) is 0.119. The minimum Gasteiger partial charge on any atom is -0.495 e. The SMILES string of the molecule is COc1cccc(Nc2ccc(F)c(Cl)c2)c1N. The average Bonchev–Trinajstić information content (AvgIpc) is 2.36. The van der Waals surface area contributed by atoms with Crippen molar-refractivity contribution >= 4 is 28.7 Å². The number of nitrogens with one attached hydrogen (secondary N) is 1. The Balaban J connectivity index is 2.31. The lowest BCUT2D eigenvalue weighted by Gasteiger charge is -2.12. The van der Waals surface area contributed by atoms with Crippen LogP contribution in [0.2, 0.25) is 5.02 Å². The summed E-state index contributed by atoms with van der Waals surface area (Å²) in [6.07, 6.45) is 0. The van der Waals surface area contributed by atoms with E-state index < -0.39 is 5.82 Å². The van der Waals surface area contributed by atoms with Gasteiger partial charge in [-0.25, -0.2) is 4.39 Å². The zero-order valence-corrected chi connectivity index (χ0v) is 10.5. The van der Waals surface area contributed by atoms with E-state index >= 15 is 0 Å². The van der Waals surface area contributed by atoms with Crippen molar-refractivity contribution in [2.24, 2.45) is 0 Å². The molecule has 94 valence electrons. The first-order chi connectivity index (χ1) is 8.61. The van der Waals surface area contributed by atoms with E-state index in [0.717, 1.165) is 0 Å². The van der Waals surface area contributed by atoms with Crippen LogP contribution in [-0.4, -0.2) is 7.11 Å². The second kappa shape index (κ2) is 5.14. The van der Waals surface area contributed by atoms with Crippen molar-refractivity contribution in [3.05, 3.63) is 47.2 Å². The highest BCUT2D eigenvalue weighted by molar-refractivity contribution is 6.31. The predicted molar refractivity (Wildman–Crippen MR) is 72.1 cm³/mol. The standard InChI is InChI=1S/C13H12ClFN2O/c1-18-12-4-2-3-11(13(12)16)17-8-5-6-10(15)9(14)7-8/h2-7,17H,16H2,1H3. The zero-order chi connectivity index (χ0) is 13.1. The molecule has 2 rings (SSSR count). The van der Waals surface area contributed by atoms with Crippen LogP contribution in [0.1, 0.15) is 0 Å². The number of hydrogen-bond acceptors (Lipinski definition) is 3. The molecule has 0 aliphatic heterocycles. The van der Waals surface area contributed by atoms with E-state index in [1.165, 1.54) is 12.1 Å². The molecule has 0 bridgehead atoms. The van der Waals surface area contributed by atoms with E-state index in [1.54, 1.807) is 25.3 Å². The van der Waals surface area contributed by atoms with E-state index in [4.69, 9.17) is 22.1 Å². The minimum absolute atomic E-state index is 0.0569. The van der Waals surface area contributed by atoms with Gasteiger partial charge in [0.25, 0.3) is 0 Å². The van der Waals surface area contributed by atoms with E-state index in [9.17, 15) is 4.39 Å². The fraction of sp³-hybridized carbons (Fsp3) is 0.0769. The Hall–Kier alpha value is -1.94. The molecule has 0 heterocycles. The molecular formula is C13H12ClFN2O. The first-order valence-corrected chi connectivity index (χ1v) is 5.64. The molecule has 3 nitrogen and oxygen atoms in total. The third kappa shape index (κ3) is 2.49. The third-order valence-corrected chi connectivity index (χ3v) is 2.77. The zero-order valence-electron chi connectivity index (χ0n) is 9.71. The fourth-order valence-corrected chi connectivity index (χ4v) is 1.74. The van der Waals surface area contributed by atoms with Crippen molar-refractivity contribution < 1.29 is 9.13 Å². The van der Waals surface area contributed by atoms with Crippen molar-refractivity contribution in [3.8, 4) is 5.75 Å². The van der Waals surface area contributed by atoms with Crippen LogP contribution < -0.4 is 15.8 Å². The molecule has 0 unspecified atom stereocenters. The summed E-state index contributed by atoms with van der Waals surface area (Å²) < 4.78 is 18.1. The number of halogens is 2. The van der Waals surface area contributed by atoms with Gasteiger partial charge in [-0.2, -0.15) is 0 Å². The van der Waals surface area contributed by atoms with E-state index in [-0.39, 0.29) is 5.02 Å². The van der Waals surface area contributed by atoms with Gasteiger partial charge in [0.1, 0.15) is 11.6 Å². The predicted octanol–water partition coefficient (Wildman–Crippen LogP) is 3.81. The number of nitrogen functional groups attached to an aromatic ring is 1. The normalized spacial score (nSPS) is 10.2. The summed E-state index contributed by atoms with van der Waals surface area (Å²) >= 11 is 5.71. The maximum Gasteiger partial charge on any atom is 0.143 e. The highest BCUT2D eigenvalue weighted by Gasteiger charge is 2.06. The molecule has 0 aromatic heterocycles. The summed E-state index contributed by atoms with van der Waals surface area (Å²) in [4.78, 5) is 0. The molecule has 5 heteroatoms. The van der Waals surface area contributed by atoms with Crippen molar-refractivity contribution in [1.29, 1.82) is 0 Å². The maximum absolute atomic E-state index is 13.0. The van der Waals surface area contributed by atoms with Gasteiger partial charge in [-0.3, -0.25) is 0 Å². The van der Waals surface area contributed by atoms with E-state index in [1.807, 2.05) is 6.07 Å². The van der Waals surface area contributed by atoms with Crippen LogP contribution in [0.15, 0.2) is 36.4 Å². The highest BCUT2D eigenvalue weighted by Crippen LogP contribution is 2.32. The summed E-state index contributed by atoms with van der Waals surface area (Å²) in [7, 11) is 1.55. The molecule has 3 N–H and O–H groups in total. The Bertz CT molecular complexity index is 575. The molecule has 2 aromatic rings. The van der Waals surface area contributed by atoms with Gasteiger partial charge in [0, 0.05) is 5.69 Å². The number of hydrogen-bond donors (Lipinski definition) is 2. The first kappa shape index (κ1) is 12.5. The Morgan fingerprint density at radius 1 is 1.28 bits per heavy atom. The molecular weight excluding hydrogens is 255 g/mol. The Labute approximate surface area is 109 Å². The van der Waals surface area contributed by atoms with Gasteiger partial charge in [-0.05, 0) is 30.3 Å². The molecule has 0 fully saturated rings. The second-order valence-corrected chi connectivity index (χ2v) is 4.08. The van der Waals surface area contributed by atoms with Gasteiger partial charge in [0.15, 0.2) is 0 Å². The molecule has 0 aliphatic rings. The first-order valence-electron chi connectivity index (χ1n) is 5.26. The number of anilines is 3. The van der Waals surface area contributed by atoms with Crippen LogP contribution >= 0.6 is 11.6 Å². The largest absolute Gasteiger partial charge is 0.495 e. The molecule has 2 aromatic carbocycles. The van der Waals surface area contributed by atoms with Crippen molar-refractivity contribution in [3.63, 3.8) is 0 Å². The quantitative estimate of drug-likeness (QED) is 0.831. The lowest BCUT2D eigenvalue weighted by atomic mass is 10.2. The minimum atomic E-state index is -0.458. The van der Waals surface area contributed by atoms with Crippen LogP contribution in [0.25, 0.3) is 0 Å². The molecule has 0 amide bonds. The molecule has 0 radical (unpaired) electrons. The van der Waals surface area contributed by atoms with Crippen LogP contribution in [0.4, 0.5) is 21.5 Å². The lowest BCUT2D eigenvalue weighted by molar-refractivity contribution is 0.417. The summed E-state index contributed by atoms with van der Waals surface area (Å²) in [6, 6.07) is 9.74. The van der Waals surface area contributed by atoms with Crippen LogP contribution in [0, 0.1) is 5.82 Å². The average molecular weight is 267 g/mol. The van der Waals surface area contributed by atoms with Gasteiger partial charge in [0.2, 0.25) is 0 Å². The number of para-hydroxylation sites is 1. The number of rotatable bonds is 3. The van der Waals surface area contributed by atoms with Crippen LogP contribution in [0.3, 0.4) is 0 Å². The van der Waals surface area contributed by atoms with Crippen molar-refractivity contribution in [2.45, 2.75) is 0 Å². The molecule has 0 spiro atoms. The Morgan fingerprint density at radius 3 is 2.72 bits per heavy atom. The monoisotopic (exact) mass is 266 g/mol. The topological polar surface area (TPSA) is 47.3 Å². The smallest absolute Gasteiger partial charge is 0.143 e. The van der Waals surface area contributed by atoms with Crippen LogP contribution in [-0.2, 0) is 0 Å². The Kier molecular flexibility index (Phi) is 3.58. The molecule has 0 saturated heterocycles. The number of methoxy groups -OCH3 is 1. The van der Waals surface area contributed by atoms with Gasteiger partial charge in [-0.15, -0.1) is 0 Å². The van der Waals surface area contributed by atoms with Crippen molar-refractivity contribution in [1.82, 2.24) is 0 Å². The van der Waals surface area contributed by atoms with E-state index in [0.29, 0.717) is 22.8 Å². The fourth-order valence-electron chi connectivity index (χ4n) is 1.56. The molecule has 0 atom stereocenters. The molecule has 18 heavy (non-hydrogen) atoms. The summed E-state index contributed by atoms with van der Waals surface area (Å²) in [5, 5.41) is 3.12. The van der Waals surface area contributed by atoms with Gasteiger partial charge >= 0.3 is 0 Å². The van der Waals surface area contributed by atoms with Crippen LogP contribution in [0.5, 0.6) is 5.75 Å².